The number of carbonyl (C=O) groups excluding carboxylic acids is 2. The molecule has 0 aliphatic heterocycles. The van der Waals surface area contributed by atoms with Gasteiger partial charge < -0.3 is 14.0 Å². The highest BCUT2D eigenvalue weighted by Crippen LogP contribution is 2.23. The second-order valence-corrected chi connectivity index (χ2v) is 6.77. The number of hydrogen-bond donors (Lipinski definition) is 0. The van der Waals surface area contributed by atoms with Gasteiger partial charge in [0.25, 0.3) is 0 Å². The molecule has 0 fully saturated rings. The van der Waals surface area contributed by atoms with Crippen molar-refractivity contribution in [1.29, 1.82) is 0 Å². The van der Waals surface area contributed by atoms with E-state index in [1.807, 2.05) is 36.6 Å². The molecule has 0 radical (unpaired) electrons. The lowest BCUT2D eigenvalue weighted by molar-refractivity contribution is 0.0474. The number of aryl methyl sites for hydroxylation is 3. The van der Waals surface area contributed by atoms with Crippen LogP contribution in [0.25, 0.3) is 0 Å². The summed E-state index contributed by atoms with van der Waals surface area (Å²) in [4.78, 5) is 24.8. The molecular formula is C21H25NO4. The van der Waals surface area contributed by atoms with Crippen LogP contribution < -0.4 is 0 Å². The number of esters is 1. The standard InChI is InChI=1S/C21H25NO4/c1-14-11-19(15(2)22(14)9-10-25-3)20(23)13-26-21(24)18-8-7-16-5-4-6-17(16)12-18/h7-8,11-12H,4-6,9-10,13H2,1-3H3. The first-order valence-electron chi connectivity index (χ1n) is 8.99. The molecule has 1 aliphatic rings. The summed E-state index contributed by atoms with van der Waals surface area (Å²) >= 11 is 0. The molecule has 0 unspecified atom stereocenters. The largest absolute Gasteiger partial charge is 0.454 e. The Balaban J connectivity index is 1.64. The van der Waals surface area contributed by atoms with Crippen LogP contribution >= 0.6 is 0 Å². The number of ketones is 1. The molecular weight excluding hydrogens is 330 g/mol. The van der Waals surface area contributed by atoms with Crippen molar-refractivity contribution in [2.45, 2.75) is 39.7 Å². The van der Waals surface area contributed by atoms with E-state index in [4.69, 9.17) is 9.47 Å². The van der Waals surface area contributed by atoms with Crippen LogP contribution in [0, 0.1) is 13.8 Å². The molecule has 3 rings (SSSR count). The normalized spacial score (nSPS) is 12.9. The minimum absolute atomic E-state index is 0.184. The molecule has 0 N–H and O–H groups in total. The topological polar surface area (TPSA) is 57.5 Å². The number of ether oxygens (including phenoxy) is 2. The maximum absolute atomic E-state index is 12.5. The van der Waals surface area contributed by atoms with Crippen LogP contribution in [0.3, 0.4) is 0 Å². The maximum atomic E-state index is 12.5. The highest BCUT2D eigenvalue weighted by molar-refractivity contribution is 6.00. The fourth-order valence-corrected chi connectivity index (χ4v) is 3.60. The summed E-state index contributed by atoms with van der Waals surface area (Å²) in [5, 5.41) is 0. The summed E-state index contributed by atoms with van der Waals surface area (Å²) in [5.41, 5.74) is 5.50. The second-order valence-electron chi connectivity index (χ2n) is 6.77. The van der Waals surface area contributed by atoms with Gasteiger partial charge in [-0.15, -0.1) is 0 Å². The molecule has 1 aromatic carbocycles. The Morgan fingerprint density at radius 3 is 2.65 bits per heavy atom. The van der Waals surface area contributed by atoms with Gasteiger partial charge in [0.2, 0.25) is 5.78 Å². The number of benzene rings is 1. The van der Waals surface area contributed by atoms with E-state index < -0.39 is 5.97 Å². The first-order valence-corrected chi connectivity index (χ1v) is 8.99. The molecule has 5 heteroatoms. The van der Waals surface area contributed by atoms with E-state index >= 15 is 0 Å². The molecule has 0 saturated carbocycles. The minimum atomic E-state index is -0.443. The molecule has 26 heavy (non-hydrogen) atoms. The number of aromatic nitrogens is 1. The number of nitrogens with zero attached hydrogens (tertiary/aromatic N) is 1. The maximum Gasteiger partial charge on any atom is 0.338 e. The molecule has 5 nitrogen and oxygen atoms in total. The first-order chi connectivity index (χ1) is 12.5. The van der Waals surface area contributed by atoms with Crippen LogP contribution in [0.1, 0.15) is 49.7 Å². The molecule has 1 aromatic heterocycles. The molecule has 0 spiro atoms. The van der Waals surface area contributed by atoms with Crippen molar-refractivity contribution in [3.8, 4) is 0 Å². The summed E-state index contributed by atoms with van der Waals surface area (Å²) < 4.78 is 12.4. The predicted octanol–water partition coefficient (Wildman–Crippen LogP) is 3.28. The molecule has 1 aliphatic carbocycles. The van der Waals surface area contributed by atoms with Crippen LogP contribution in [0.15, 0.2) is 24.3 Å². The van der Waals surface area contributed by atoms with E-state index in [2.05, 4.69) is 0 Å². The van der Waals surface area contributed by atoms with Gasteiger partial charge in [-0.2, -0.15) is 0 Å². The Morgan fingerprint density at radius 1 is 1.12 bits per heavy atom. The number of methoxy groups -OCH3 is 1. The predicted molar refractivity (Wildman–Crippen MR) is 98.9 cm³/mol. The Morgan fingerprint density at radius 2 is 1.88 bits per heavy atom. The third-order valence-corrected chi connectivity index (χ3v) is 5.06. The second kappa shape index (κ2) is 7.87. The fourth-order valence-electron chi connectivity index (χ4n) is 3.60. The molecule has 0 saturated heterocycles. The van der Waals surface area contributed by atoms with Crippen LogP contribution in [0.4, 0.5) is 0 Å². The SMILES string of the molecule is COCCn1c(C)cc(C(=O)COC(=O)c2ccc3c(c2)CCC3)c1C. The zero-order valence-electron chi connectivity index (χ0n) is 15.6. The van der Waals surface area contributed by atoms with Crippen molar-refractivity contribution < 1.29 is 19.1 Å². The average molecular weight is 355 g/mol. The lowest BCUT2D eigenvalue weighted by atomic mass is 10.1. The molecule has 2 aromatic rings. The van der Waals surface area contributed by atoms with Gasteiger partial charge in [-0.25, -0.2) is 4.79 Å². The summed E-state index contributed by atoms with van der Waals surface area (Å²) in [7, 11) is 1.65. The Bertz CT molecular complexity index is 835. The third-order valence-electron chi connectivity index (χ3n) is 5.06. The van der Waals surface area contributed by atoms with Crippen molar-refractivity contribution in [3.05, 3.63) is 57.9 Å². The van der Waals surface area contributed by atoms with Gasteiger partial charge in [0.05, 0.1) is 12.2 Å². The van der Waals surface area contributed by atoms with Gasteiger partial charge in [-0.1, -0.05) is 6.07 Å². The van der Waals surface area contributed by atoms with E-state index in [9.17, 15) is 9.59 Å². The highest BCUT2D eigenvalue weighted by Gasteiger charge is 2.19. The highest BCUT2D eigenvalue weighted by atomic mass is 16.5. The quantitative estimate of drug-likeness (QED) is 0.565. The fraction of sp³-hybridized carbons (Fsp3) is 0.429. The number of hydrogen-bond acceptors (Lipinski definition) is 4. The Kier molecular flexibility index (Phi) is 5.57. The molecule has 0 bridgehead atoms. The van der Waals surface area contributed by atoms with Crippen molar-refractivity contribution >= 4 is 11.8 Å². The lowest BCUT2D eigenvalue weighted by Gasteiger charge is -2.09. The number of Topliss-reactive ketones (excluding diaryl/α,β-unsaturated/α-hetero) is 1. The van der Waals surface area contributed by atoms with Gasteiger partial charge in [0.15, 0.2) is 6.61 Å². The van der Waals surface area contributed by atoms with E-state index in [1.165, 1.54) is 11.1 Å². The summed E-state index contributed by atoms with van der Waals surface area (Å²) in [6, 6.07) is 7.51. The molecule has 138 valence electrons. The third kappa shape index (κ3) is 3.73. The van der Waals surface area contributed by atoms with E-state index in [0.717, 1.165) is 30.7 Å². The molecule has 0 atom stereocenters. The van der Waals surface area contributed by atoms with E-state index in [-0.39, 0.29) is 12.4 Å². The summed E-state index contributed by atoms with van der Waals surface area (Å²) in [6.45, 7) is 4.88. The average Bonchev–Trinajstić information content (AvgIpc) is 3.21. The van der Waals surface area contributed by atoms with Crippen molar-refractivity contribution in [1.82, 2.24) is 4.57 Å². The van der Waals surface area contributed by atoms with Crippen molar-refractivity contribution in [3.63, 3.8) is 0 Å². The van der Waals surface area contributed by atoms with Gasteiger partial charge in [-0.3, -0.25) is 4.79 Å². The van der Waals surface area contributed by atoms with E-state index in [0.29, 0.717) is 24.3 Å². The Hall–Kier alpha value is -2.40. The van der Waals surface area contributed by atoms with Crippen molar-refractivity contribution in [2.24, 2.45) is 0 Å². The van der Waals surface area contributed by atoms with Crippen LogP contribution in [-0.4, -0.2) is 36.6 Å². The Labute approximate surface area is 153 Å². The minimum Gasteiger partial charge on any atom is -0.454 e. The zero-order valence-corrected chi connectivity index (χ0v) is 15.6. The number of carbonyl (C=O) groups is 2. The smallest absolute Gasteiger partial charge is 0.338 e. The first kappa shape index (κ1) is 18.4. The zero-order chi connectivity index (χ0) is 18.7. The van der Waals surface area contributed by atoms with Crippen LogP contribution in [0.2, 0.25) is 0 Å². The monoisotopic (exact) mass is 355 g/mol. The summed E-state index contributed by atoms with van der Waals surface area (Å²) in [5.74, 6) is -0.627. The van der Waals surface area contributed by atoms with Gasteiger partial charge in [0, 0.05) is 30.6 Å². The number of rotatable bonds is 7. The van der Waals surface area contributed by atoms with Gasteiger partial charge >= 0.3 is 5.97 Å². The van der Waals surface area contributed by atoms with Gasteiger partial charge in [0.1, 0.15) is 0 Å². The van der Waals surface area contributed by atoms with Crippen LogP contribution in [-0.2, 0) is 28.9 Å². The van der Waals surface area contributed by atoms with Gasteiger partial charge in [-0.05, 0) is 62.4 Å². The van der Waals surface area contributed by atoms with Crippen molar-refractivity contribution in [2.75, 3.05) is 20.3 Å². The molecule has 1 heterocycles. The number of fused-ring (bicyclic) bond motifs is 1. The summed E-state index contributed by atoms with van der Waals surface area (Å²) in [6.07, 6.45) is 3.20. The lowest BCUT2D eigenvalue weighted by Crippen LogP contribution is -2.15. The van der Waals surface area contributed by atoms with E-state index in [1.54, 1.807) is 13.2 Å². The molecule has 0 amide bonds. The van der Waals surface area contributed by atoms with Crippen LogP contribution in [0.5, 0.6) is 0 Å².